The molecule has 1 heterocycles. The molecule has 0 saturated heterocycles. The molecule has 2 aromatic carbocycles. The Balaban J connectivity index is 1.67. The van der Waals surface area contributed by atoms with Crippen molar-refractivity contribution in [2.24, 2.45) is 0 Å². The Bertz CT molecular complexity index is 639. The van der Waals surface area contributed by atoms with Crippen LogP contribution in [-0.2, 0) is 13.0 Å². The van der Waals surface area contributed by atoms with Crippen molar-refractivity contribution in [1.29, 1.82) is 0 Å². The third-order valence-electron chi connectivity index (χ3n) is 4.26. The number of nitrogens with zero attached hydrogens (tertiary/aromatic N) is 1. The Morgan fingerprint density at radius 1 is 1.24 bits per heavy atom. The lowest BCUT2D eigenvalue weighted by Gasteiger charge is -2.16. The lowest BCUT2D eigenvalue weighted by Crippen LogP contribution is -2.18. The van der Waals surface area contributed by atoms with Crippen LogP contribution >= 0.6 is 11.6 Å². The summed E-state index contributed by atoms with van der Waals surface area (Å²) in [5.41, 5.74) is 5.32. The van der Waals surface area contributed by atoms with E-state index in [0.717, 1.165) is 30.1 Å². The van der Waals surface area contributed by atoms with Gasteiger partial charge in [0.05, 0.1) is 0 Å². The Morgan fingerprint density at radius 2 is 2.05 bits per heavy atom. The highest BCUT2D eigenvalue weighted by Gasteiger charge is 2.15. The fraction of sp³-hybridized carbons (Fsp3) is 0.333. The van der Waals surface area contributed by atoms with Crippen molar-refractivity contribution in [3.8, 4) is 0 Å². The lowest BCUT2D eigenvalue weighted by atomic mass is 10.1. The number of hydrogen-bond donors (Lipinski definition) is 1. The molecule has 21 heavy (non-hydrogen) atoms. The summed E-state index contributed by atoms with van der Waals surface area (Å²) in [4.78, 5) is 2.32. The van der Waals surface area contributed by atoms with Crippen molar-refractivity contribution < 1.29 is 0 Å². The molecular formula is C18H21ClN2. The largest absolute Gasteiger partial charge is 0.374 e. The molecule has 2 nitrogen and oxygen atoms in total. The maximum atomic E-state index is 6.25. The SMILES string of the molecule is C[C@H](NCc1ccc2c(c1)CCN2C)c1ccccc1Cl. The Labute approximate surface area is 131 Å². The van der Waals surface area contributed by atoms with Gasteiger partial charge in [0.15, 0.2) is 0 Å². The predicted molar refractivity (Wildman–Crippen MR) is 90.1 cm³/mol. The van der Waals surface area contributed by atoms with Crippen molar-refractivity contribution in [1.82, 2.24) is 5.32 Å². The molecule has 0 amide bonds. The second-order valence-corrected chi connectivity index (χ2v) is 6.17. The van der Waals surface area contributed by atoms with Crippen LogP contribution in [-0.4, -0.2) is 13.6 Å². The minimum atomic E-state index is 0.245. The third-order valence-corrected chi connectivity index (χ3v) is 4.60. The van der Waals surface area contributed by atoms with E-state index in [9.17, 15) is 0 Å². The summed E-state index contributed by atoms with van der Waals surface area (Å²) >= 11 is 6.25. The molecule has 1 atom stereocenters. The number of hydrogen-bond acceptors (Lipinski definition) is 2. The maximum absolute atomic E-state index is 6.25. The van der Waals surface area contributed by atoms with Crippen LogP contribution in [0.1, 0.15) is 29.7 Å². The van der Waals surface area contributed by atoms with Crippen LogP contribution in [0.4, 0.5) is 5.69 Å². The number of nitrogens with one attached hydrogen (secondary N) is 1. The minimum Gasteiger partial charge on any atom is -0.374 e. The normalized spacial score (nSPS) is 15.1. The summed E-state index contributed by atoms with van der Waals surface area (Å²) in [7, 11) is 2.16. The monoisotopic (exact) mass is 300 g/mol. The number of fused-ring (bicyclic) bond motifs is 1. The molecule has 110 valence electrons. The summed E-state index contributed by atoms with van der Waals surface area (Å²) in [6.07, 6.45) is 1.15. The standard InChI is InChI=1S/C18H21ClN2/c1-13(16-5-3-4-6-17(16)19)20-12-14-7-8-18-15(11-14)9-10-21(18)2/h3-8,11,13,20H,9-10,12H2,1-2H3/t13-/m0/s1. The number of benzene rings is 2. The highest BCUT2D eigenvalue weighted by Crippen LogP contribution is 2.28. The summed E-state index contributed by atoms with van der Waals surface area (Å²) in [6, 6.07) is 15.0. The molecule has 0 bridgehead atoms. The van der Waals surface area contributed by atoms with E-state index in [4.69, 9.17) is 11.6 Å². The highest BCUT2D eigenvalue weighted by atomic mass is 35.5. The topological polar surface area (TPSA) is 15.3 Å². The summed E-state index contributed by atoms with van der Waals surface area (Å²) in [5, 5.41) is 4.39. The molecule has 0 fully saturated rings. The third kappa shape index (κ3) is 3.07. The second kappa shape index (κ2) is 6.08. The van der Waals surface area contributed by atoms with Crippen molar-refractivity contribution in [2.45, 2.75) is 25.9 Å². The fourth-order valence-electron chi connectivity index (χ4n) is 2.94. The van der Waals surface area contributed by atoms with E-state index >= 15 is 0 Å². The number of rotatable bonds is 4. The first kappa shape index (κ1) is 14.4. The molecule has 0 radical (unpaired) electrons. The lowest BCUT2D eigenvalue weighted by molar-refractivity contribution is 0.575. The van der Waals surface area contributed by atoms with Gasteiger partial charge in [-0.1, -0.05) is 41.9 Å². The van der Waals surface area contributed by atoms with E-state index in [-0.39, 0.29) is 6.04 Å². The van der Waals surface area contributed by atoms with Crippen molar-refractivity contribution in [3.63, 3.8) is 0 Å². The molecule has 0 aromatic heterocycles. The smallest absolute Gasteiger partial charge is 0.0453 e. The van der Waals surface area contributed by atoms with Gasteiger partial charge in [0, 0.05) is 36.9 Å². The molecule has 2 aromatic rings. The van der Waals surface area contributed by atoms with Crippen LogP contribution < -0.4 is 10.2 Å². The molecule has 0 saturated carbocycles. The van der Waals surface area contributed by atoms with E-state index in [1.54, 1.807) is 0 Å². The average molecular weight is 301 g/mol. The number of halogens is 1. The van der Waals surface area contributed by atoms with Gasteiger partial charge in [-0.3, -0.25) is 0 Å². The van der Waals surface area contributed by atoms with E-state index in [1.807, 2.05) is 18.2 Å². The van der Waals surface area contributed by atoms with E-state index in [2.05, 4.69) is 48.5 Å². The van der Waals surface area contributed by atoms with Crippen LogP contribution in [0.5, 0.6) is 0 Å². The molecule has 0 aliphatic carbocycles. The summed E-state index contributed by atoms with van der Waals surface area (Å²) < 4.78 is 0. The molecule has 0 unspecified atom stereocenters. The van der Waals surface area contributed by atoms with Gasteiger partial charge in [-0.25, -0.2) is 0 Å². The van der Waals surface area contributed by atoms with Gasteiger partial charge >= 0.3 is 0 Å². The van der Waals surface area contributed by atoms with Crippen LogP contribution in [0.3, 0.4) is 0 Å². The summed E-state index contributed by atoms with van der Waals surface area (Å²) in [5.74, 6) is 0. The molecule has 3 rings (SSSR count). The van der Waals surface area contributed by atoms with E-state index in [0.29, 0.717) is 0 Å². The Hall–Kier alpha value is -1.51. The second-order valence-electron chi connectivity index (χ2n) is 5.76. The number of likely N-dealkylation sites (N-methyl/N-ethyl adjacent to an activating group) is 1. The molecular weight excluding hydrogens is 280 g/mol. The van der Waals surface area contributed by atoms with Crippen LogP contribution in [0.15, 0.2) is 42.5 Å². The van der Waals surface area contributed by atoms with E-state index < -0.39 is 0 Å². The zero-order valence-corrected chi connectivity index (χ0v) is 13.3. The zero-order valence-electron chi connectivity index (χ0n) is 12.6. The van der Waals surface area contributed by atoms with Crippen LogP contribution in [0, 0.1) is 0 Å². The first-order valence-electron chi connectivity index (χ1n) is 7.46. The van der Waals surface area contributed by atoms with Gasteiger partial charge in [-0.15, -0.1) is 0 Å². The molecule has 1 aliphatic heterocycles. The fourth-order valence-corrected chi connectivity index (χ4v) is 3.24. The van der Waals surface area contributed by atoms with Crippen LogP contribution in [0.25, 0.3) is 0 Å². The summed E-state index contributed by atoms with van der Waals surface area (Å²) in [6.45, 7) is 4.15. The van der Waals surface area contributed by atoms with Gasteiger partial charge < -0.3 is 10.2 Å². The van der Waals surface area contributed by atoms with Crippen LogP contribution in [0.2, 0.25) is 5.02 Å². The Morgan fingerprint density at radius 3 is 2.86 bits per heavy atom. The maximum Gasteiger partial charge on any atom is 0.0453 e. The van der Waals surface area contributed by atoms with Gasteiger partial charge in [-0.2, -0.15) is 0 Å². The number of anilines is 1. The van der Waals surface area contributed by atoms with Gasteiger partial charge in [0.1, 0.15) is 0 Å². The first-order chi connectivity index (χ1) is 10.1. The minimum absolute atomic E-state index is 0.245. The average Bonchev–Trinajstić information content (AvgIpc) is 2.86. The van der Waals surface area contributed by atoms with E-state index in [1.165, 1.54) is 16.8 Å². The molecule has 3 heteroatoms. The quantitative estimate of drug-likeness (QED) is 0.911. The van der Waals surface area contributed by atoms with Crippen molar-refractivity contribution in [2.75, 3.05) is 18.5 Å². The van der Waals surface area contributed by atoms with Crippen molar-refractivity contribution >= 4 is 17.3 Å². The molecule has 0 spiro atoms. The van der Waals surface area contributed by atoms with Gasteiger partial charge in [0.2, 0.25) is 0 Å². The first-order valence-corrected chi connectivity index (χ1v) is 7.83. The molecule has 1 aliphatic rings. The molecule has 1 N–H and O–H groups in total. The van der Waals surface area contributed by atoms with Crippen molar-refractivity contribution in [3.05, 3.63) is 64.2 Å². The van der Waals surface area contributed by atoms with Gasteiger partial charge in [0.25, 0.3) is 0 Å². The predicted octanol–water partition coefficient (Wildman–Crippen LogP) is 4.18. The highest BCUT2D eigenvalue weighted by molar-refractivity contribution is 6.31. The Kier molecular flexibility index (Phi) is 4.18. The zero-order chi connectivity index (χ0) is 14.8. The van der Waals surface area contributed by atoms with Gasteiger partial charge in [-0.05, 0) is 42.2 Å².